The largest absolute Gasteiger partial charge is 0.433 e. The molecule has 1 aliphatic carbocycles. The molecule has 2 rings (SSSR count). The molecule has 0 atom stereocenters. The van der Waals surface area contributed by atoms with E-state index in [1.807, 2.05) is 0 Å². The molecular formula is C9H9F3N2. The van der Waals surface area contributed by atoms with Crippen LogP contribution in [0.2, 0.25) is 0 Å². The Bertz CT molecular complexity index is 356. The van der Waals surface area contributed by atoms with Gasteiger partial charge in [-0.2, -0.15) is 13.2 Å². The third-order valence-corrected chi connectivity index (χ3v) is 2.23. The van der Waals surface area contributed by atoms with Crippen LogP contribution >= 0.6 is 0 Å². The highest BCUT2D eigenvalue weighted by Crippen LogP contribution is 2.45. The topological polar surface area (TPSA) is 38.9 Å². The highest BCUT2D eigenvalue weighted by Gasteiger charge is 2.39. The minimum atomic E-state index is -4.40. The van der Waals surface area contributed by atoms with Gasteiger partial charge in [-0.25, -0.2) is 4.98 Å². The first-order valence-electron chi connectivity index (χ1n) is 4.32. The van der Waals surface area contributed by atoms with Gasteiger partial charge in [0.15, 0.2) is 0 Å². The number of nitrogen functional groups attached to an aromatic ring is 1. The van der Waals surface area contributed by atoms with E-state index in [9.17, 15) is 13.2 Å². The van der Waals surface area contributed by atoms with E-state index >= 15 is 0 Å². The second-order valence-corrected chi connectivity index (χ2v) is 3.45. The van der Waals surface area contributed by atoms with Gasteiger partial charge in [-0.3, -0.25) is 0 Å². The first-order valence-corrected chi connectivity index (χ1v) is 4.32. The number of alkyl halides is 3. The van der Waals surface area contributed by atoms with Crippen molar-refractivity contribution in [2.45, 2.75) is 24.9 Å². The van der Waals surface area contributed by atoms with E-state index in [0.29, 0.717) is 0 Å². The Hall–Kier alpha value is -1.26. The zero-order chi connectivity index (χ0) is 10.3. The second kappa shape index (κ2) is 2.87. The number of hydrogen-bond acceptors (Lipinski definition) is 2. The van der Waals surface area contributed by atoms with Crippen LogP contribution in [0.4, 0.5) is 19.0 Å². The van der Waals surface area contributed by atoms with Crippen LogP contribution in [0.5, 0.6) is 0 Å². The van der Waals surface area contributed by atoms with Gasteiger partial charge in [-0.05, 0) is 30.4 Å². The fourth-order valence-corrected chi connectivity index (χ4v) is 1.44. The van der Waals surface area contributed by atoms with Gasteiger partial charge in [0.2, 0.25) is 0 Å². The van der Waals surface area contributed by atoms with E-state index in [1.165, 1.54) is 12.1 Å². The minimum absolute atomic E-state index is 0.0275. The molecule has 1 heterocycles. The van der Waals surface area contributed by atoms with E-state index in [1.54, 1.807) is 0 Å². The van der Waals surface area contributed by atoms with E-state index in [0.717, 1.165) is 12.8 Å². The van der Waals surface area contributed by atoms with Crippen molar-refractivity contribution in [3.8, 4) is 0 Å². The van der Waals surface area contributed by atoms with Crippen LogP contribution in [0.25, 0.3) is 0 Å². The Morgan fingerprint density at radius 3 is 2.43 bits per heavy atom. The predicted octanol–water partition coefficient (Wildman–Crippen LogP) is 2.56. The molecule has 0 aliphatic heterocycles. The van der Waals surface area contributed by atoms with Crippen LogP contribution in [0, 0.1) is 0 Å². The van der Waals surface area contributed by atoms with Crippen molar-refractivity contribution in [3.05, 3.63) is 23.4 Å². The summed E-state index contributed by atoms with van der Waals surface area (Å²) in [4.78, 5) is 3.36. The maximum absolute atomic E-state index is 12.5. The van der Waals surface area contributed by atoms with Crippen LogP contribution < -0.4 is 5.73 Å². The van der Waals surface area contributed by atoms with Crippen molar-refractivity contribution >= 4 is 5.82 Å². The molecule has 1 aliphatic rings. The Kier molecular flexibility index (Phi) is 1.90. The standard InChI is InChI=1S/C9H9F3N2/c10-9(11,12)8-6(5-1-2-5)3-4-7(13)14-8/h3-5H,1-2H2,(H2,13,14). The van der Waals surface area contributed by atoms with Crippen molar-refractivity contribution in [2.75, 3.05) is 5.73 Å². The third-order valence-electron chi connectivity index (χ3n) is 2.23. The highest BCUT2D eigenvalue weighted by molar-refractivity contribution is 5.38. The number of anilines is 1. The molecule has 1 aromatic heterocycles. The molecule has 0 aromatic carbocycles. The molecule has 2 N–H and O–H groups in total. The fraction of sp³-hybridized carbons (Fsp3) is 0.444. The van der Waals surface area contributed by atoms with Crippen molar-refractivity contribution in [3.63, 3.8) is 0 Å². The number of hydrogen-bond donors (Lipinski definition) is 1. The number of rotatable bonds is 1. The molecule has 1 aromatic rings. The Labute approximate surface area is 78.9 Å². The van der Waals surface area contributed by atoms with Gasteiger partial charge >= 0.3 is 6.18 Å². The summed E-state index contributed by atoms with van der Waals surface area (Å²) in [6.07, 6.45) is -2.77. The SMILES string of the molecule is Nc1ccc(C2CC2)c(C(F)(F)F)n1. The van der Waals surface area contributed by atoms with Crippen LogP contribution in [0.3, 0.4) is 0 Å². The van der Waals surface area contributed by atoms with Crippen molar-refractivity contribution in [1.82, 2.24) is 4.98 Å². The van der Waals surface area contributed by atoms with Crippen molar-refractivity contribution in [1.29, 1.82) is 0 Å². The van der Waals surface area contributed by atoms with E-state index in [4.69, 9.17) is 5.73 Å². The average Bonchev–Trinajstić information content (AvgIpc) is 2.85. The minimum Gasteiger partial charge on any atom is -0.384 e. The number of nitrogens with zero attached hydrogens (tertiary/aromatic N) is 1. The van der Waals surface area contributed by atoms with Gasteiger partial charge in [0.25, 0.3) is 0 Å². The first-order chi connectivity index (χ1) is 6.48. The molecule has 0 amide bonds. The summed E-state index contributed by atoms with van der Waals surface area (Å²) in [5, 5.41) is 0. The Morgan fingerprint density at radius 1 is 1.29 bits per heavy atom. The molecule has 0 saturated heterocycles. The normalized spacial score (nSPS) is 17.1. The molecule has 1 saturated carbocycles. The lowest BCUT2D eigenvalue weighted by Gasteiger charge is -2.11. The molecule has 5 heteroatoms. The number of nitrogens with two attached hydrogens (primary N) is 1. The summed E-state index contributed by atoms with van der Waals surface area (Å²) >= 11 is 0. The van der Waals surface area contributed by atoms with Crippen LogP contribution in [0.1, 0.15) is 30.0 Å². The van der Waals surface area contributed by atoms with Gasteiger partial charge in [0.05, 0.1) is 0 Å². The van der Waals surface area contributed by atoms with Crippen LogP contribution in [0.15, 0.2) is 12.1 Å². The molecule has 0 bridgehead atoms. The predicted molar refractivity (Wildman–Crippen MR) is 45.6 cm³/mol. The zero-order valence-electron chi connectivity index (χ0n) is 7.30. The molecule has 0 unspecified atom stereocenters. The lowest BCUT2D eigenvalue weighted by molar-refractivity contribution is -0.141. The monoisotopic (exact) mass is 202 g/mol. The molecule has 2 nitrogen and oxygen atoms in total. The Balaban J connectivity index is 2.48. The summed E-state index contributed by atoms with van der Waals surface area (Å²) in [5.74, 6) is -0.0542. The summed E-state index contributed by atoms with van der Waals surface area (Å²) in [6, 6.07) is 2.85. The summed E-state index contributed by atoms with van der Waals surface area (Å²) in [5.41, 5.74) is 4.70. The molecule has 0 spiro atoms. The van der Waals surface area contributed by atoms with Crippen molar-refractivity contribution in [2.24, 2.45) is 0 Å². The maximum atomic E-state index is 12.5. The van der Waals surface area contributed by atoms with Gasteiger partial charge < -0.3 is 5.73 Å². The average molecular weight is 202 g/mol. The van der Waals surface area contributed by atoms with E-state index in [2.05, 4.69) is 4.98 Å². The lowest BCUT2D eigenvalue weighted by Crippen LogP contribution is -2.12. The molecule has 0 radical (unpaired) electrons. The Morgan fingerprint density at radius 2 is 1.93 bits per heavy atom. The highest BCUT2D eigenvalue weighted by atomic mass is 19.4. The van der Waals surface area contributed by atoms with Gasteiger partial charge in [0, 0.05) is 0 Å². The number of pyridine rings is 1. The van der Waals surface area contributed by atoms with Crippen molar-refractivity contribution < 1.29 is 13.2 Å². The number of halogens is 3. The zero-order valence-corrected chi connectivity index (χ0v) is 7.30. The lowest BCUT2D eigenvalue weighted by atomic mass is 10.1. The molecule has 76 valence electrons. The van der Waals surface area contributed by atoms with E-state index in [-0.39, 0.29) is 17.3 Å². The van der Waals surface area contributed by atoms with Gasteiger partial charge in [-0.1, -0.05) is 6.07 Å². The maximum Gasteiger partial charge on any atom is 0.433 e. The molecule has 14 heavy (non-hydrogen) atoms. The number of aromatic nitrogens is 1. The van der Waals surface area contributed by atoms with Gasteiger partial charge in [-0.15, -0.1) is 0 Å². The van der Waals surface area contributed by atoms with E-state index < -0.39 is 11.9 Å². The third kappa shape index (κ3) is 1.66. The summed E-state index contributed by atoms with van der Waals surface area (Å²) < 4.78 is 37.5. The molecular weight excluding hydrogens is 193 g/mol. The van der Waals surface area contributed by atoms with Crippen LogP contribution in [-0.2, 0) is 6.18 Å². The molecule has 1 fully saturated rings. The first kappa shape index (κ1) is 9.30. The summed E-state index contributed by atoms with van der Waals surface area (Å²) in [7, 11) is 0. The quantitative estimate of drug-likeness (QED) is 0.760. The van der Waals surface area contributed by atoms with Gasteiger partial charge in [0.1, 0.15) is 11.5 Å². The van der Waals surface area contributed by atoms with Crippen LogP contribution in [-0.4, -0.2) is 4.98 Å². The fourth-order valence-electron chi connectivity index (χ4n) is 1.44. The second-order valence-electron chi connectivity index (χ2n) is 3.45. The summed E-state index contributed by atoms with van der Waals surface area (Å²) in [6.45, 7) is 0. The smallest absolute Gasteiger partial charge is 0.384 e.